The summed E-state index contributed by atoms with van der Waals surface area (Å²) in [5.41, 5.74) is 1.00. The maximum Gasteiger partial charge on any atom is 0.234 e. The molecule has 2 heterocycles. The maximum absolute atomic E-state index is 13.5. The lowest BCUT2D eigenvalue weighted by molar-refractivity contribution is -0.117. The van der Waals surface area contributed by atoms with Crippen molar-refractivity contribution in [2.75, 3.05) is 11.1 Å². The lowest BCUT2D eigenvalue weighted by Gasteiger charge is -2.11. The van der Waals surface area contributed by atoms with Crippen LogP contribution in [0.25, 0.3) is 0 Å². The first-order chi connectivity index (χ1) is 9.25. The van der Waals surface area contributed by atoms with Gasteiger partial charge in [0.15, 0.2) is 11.6 Å². The van der Waals surface area contributed by atoms with E-state index in [4.69, 9.17) is 0 Å². The number of rotatable bonds is 2. The van der Waals surface area contributed by atoms with Gasteiger partial charge in [0.2, 0.25) is 5.91 Å². The minimum Gasteiger partial charge on any atom is -0.308 e. The molecule has 1 aliphatic rings. The van der Waals surface area contributed by atoms with Crippen LogP contribution in [0.3, 0.4) is 0 Å². The fourth-order valence-electron chi connectivity index (χ4n) is 2.06. The summed E-state index contributed by atoms with van der Waals surface area (Å²) in [6.07, 6.45) is 1.45. The summed E-state index contributed by atoms with van der Waals surface area (Å²) >= 11 is 1.64. The Hall–Kier alpha value is -1.88. The molecular formula is C14H11FN2OS. The van der Waals surface area contributed by atoms with Crippen LogP contribution in [0.5, 0.6) is 0 Å². The predicted molar refractivity (Wildman–Crippen MR) is 72.7 cm³/mol. The van der Waals surface area contributed by atoms with Gasteiger partial charge in [0.25, 0.3) is 0 Å². The molecule has 1 aromatic carbocycles. The zero-order valence-corrected chi connectivity index (χ0v) is 10.8. The van der Waals surface area contributed by atoms with Crippen LogP contribution in [-0.2, 0) is 4.79 Å². The number of nitrogens with one attached hydrogen (secondary N) is 1. The van der Waals surface area contributed by atoms with Gasteiger partial charge in [-0.25, -0.2) is 9.37 Å². The van der Waals surface area contributed by atoms with E-state index in [1.54, 1.807) is 11.8 Å². The van der Waals surface area contributed by atoms with Crippen LogP contribution in [0, 0.1) is 5.82 Å². The first-order valence-corrected chi connectivity index (χ1v) is 6.87. The number of anilines is 1. The number of hydrogen-bond acceptors (Lipinski definition) is 3. The molecule has 1 N–H and O–H groups in total. The van der Waals surface area contributed by atoms with E-state index in [-0.39, 0.29) is 17.6 Å². The van der Waals surface area contributed by atoms with Crippen LogP contribution in [0.4, 0.5) is 10.2 Å². The van der Waals surface area contributed by atoms with E-state index in [2.05, 4.69) is 10.3 Å². The second kappa shape index (κ2) is 5.01. The molecule has 0 bridgehead atoms. The van der Waals surface area contributed by atoms with Crippen LogP contribution >= 0.6 is 11.8 Å². The second-order valence-electron chi connectivity index (χ2n) is 4.22. The van der Waals surface area contributed by atoms with E-state index in [9.17, 15) is 9.18 Å². The molecule has 0 fully saturated rings. The monoisotopic (exact) mass is 274 g/mol. The van der Waals surface area contributed by atoms with Gasteiger partial charge in [0.1, 0.15) is 0 Å². The number of nitrogens with zero attached hydrogens (tertiary/aromatic N) is 1. The standard InChI is InChI=1S/C14H11FN2OS/c15-11-5-3-7-16-13(11)17-14(18)10-8-19-12-6-2-1-4-9(10)12/h1-7,10H,8H2,(H,16,17,18)/t10-/m0/s1. The zero-order valence-electron chi connectivity index (χ0n) is 9.97. The molecule has 0 spiro atoms. The highest BCUT2D eigenvalue weighted by molar-refractivity contribution is 7.99. The molecule has 0 saturated carbocycles. The maximum atomic E-state index is 13.5. The molecule has 19 heavy (non-hydrogen) atoms. The van der Waals surface area contributed by atoms with E-state index in [1.807, 2.05) is 24.3 Å². The number of halogens is 1. The van der Waals surface area contributed by atoms with Gasteiger partial charge < -0.3 is 5.32 Å². The van der Waals surface area contributed by atoms with Crippen LogP contribution in [0.2, 0.25) is 0 Å². The quantitative estimate of drug-likeness (QED) is 0.915. The topological polar surface area (TPSA) is 42.0 Å². The molecule has 1 aliphatic heterocycles. The van der Waals surface area contributed by atoms with Crippen molar-refractivity contribution in [3.05, 3.63) is 54.0 Å². The summed E-state index contributed by atoms with van der Waals surface area (Å²) < 4.78 is 13.5. The number of amides is 1. The Morgan fingerprint density at radius 1 is 1.32 bits per heavy atom. The van der Waals surface area contributed by atoms with Gasteiger partial charge in [0, 0.05) is 16.8 Å². The summed E-state index contributed by atoms with van der Waals surface area (Å²) in [6.45, 7) is 0. The normalized spacial score (nSPS) is 17.0. The number of benzene rings is 1. The Balaban J connectivity index is 1.81. The summed E-state index contributed by atoms with van der Waals surface area (Å²) in [4.78, 5) is 17.1. The van der Waals surface area contributed by atoms with E-state index < -0.39 is 5.82 Å². The SMILES string of the molecule is O=C(Nc1ncccc1F)[C@H]1CSc2ccccc21. The van der Waals surface area contributed by atoms with E-state index >= 15 is 0 Å². The summed E-state index contributed by atoms with van der Waals surface area (Å²) in [7, 11) is 0. The fourth-order valence-corrected chi connectivity index (χ4v) is 3.29. The number of thioether (sulfide) groups is 1. The van der Waals surface area contributed by atoms with Gasteiger partial charge >= 0.3 is 0 Å². The van der Waals surface area contributed by atoms with Gasteiger partial charge in [0.05, 0.1) is 5.92 Å². The molecular weight excluding hydrogens is 263 g/mol. The lowest BCUT2D eigenvalue weighted by atomic mass is 10.0. The average Bonchev–Trinajstić information content (AvgIpc) is 2.85. The number of hydrogen-bond donors (Lipinski definition) is 1. The fraction of sp³-hybridized carbons (Fsp3) is 0.143. The molecule has 5 heteroatoms. The molecule has 3 rings (SSSR count). The van der Waals surface area contributed by atoms with Gasteiger partial charge in [-0.3, -0.25) is 4.79 Å². The van der Waals surface area contributed by atoms with Crippen LogP contribution in [-0.4, -0.2) is 16.6 Å². The smallest absolute Gasteiger partial charge is 0.234 e. The Morgan fingerprint density at radius 2 is 2.16 bits per heavy atom. The number of pyridine rings is 1. The molecule has 3 nitrogen and oxygen atoms in total. The number of carbonyl (C=O) groups excluding carboxylic acids is 1. The summed E-state index contributed by atoms with van der Waals surface area (Å²) in [6, 6.07) is 10.6. The Morgan fingerprint density at radius 3 is 3.00 bits per heavy atom. The molecule has 1 aromatic heterocycles. The minimum absolute atomic E-state index is 0.0121. The molecule has 0 unspecified atom stereocenters. The van der Waals surface area contributed by atoms with Crippen LogP contribution < -0.4 is 5.32 Å². The second-order valence-corrected chi connectivity index (χ2v) is 5.29. The third-order valence-corrected chi connectivity index (χ3v) is 4.20. The Bertz CT molecular complexity index is 632. The Labute approximate surface area is 114 Å². The lowest BCUT2D eigenvalue weighted by Crippen LogP contribution is -2.22. The van der Waals surface area contributed by atoms with Gasteiger partial charge in [-0.2, -0.15) is 0 Å². The summed E-state index contributed by atoms with van der Waals surface area (Å²) in [5.74, 6) is -0.311. The van der Waals surface area contributed by atoms with Crippen LogP contribution in [0.1, 0.15) is 11.5 Å². The highest BCUT2D eigenvalue weighted by atomic mass is 32.2. The van der Waals surface area contributed by atoms with Gasteiger partial charge in [-0.1, -0.05) is 18.2 Å². The zero-order chi connectivity index (χ0) is 13.2. The molecule has 0 saturated heterocycles. The van der Waals surface area contributed by atoms with Crippen molar-refractivity contribution in [3.8, 4) is 0 Å². The molecule has 1 atom stereocenters. The predicted octanol–water partition coefficient (Wildman–Crippen LogP) is 3.05. The molecule has 0 aliphatic carbocycles. The van der Waals surface area contributed by atoms with Crippen LogP contribution in [0.15, 0.2) is 47.5 Å². The molecule has 0 radical (unpaired) electrons. The Kier molecular flexibility index (Phi) is 3.21. The third kappa shape index (κ3) is 2.33. The van der Waals surface area contributed by atoms with E-state index in [1.165, 1.54) is 18.3 Å². The van der Waals surface area contributed by atoms with Crippen molar-refractivity contribution < 1.29 is 9.18 Å². The molecule has 96 valence electrons. The number of aromatic nitrogens is 1. The van der Waals surface area contributed by atoms with E-state index in [0.29, 0.717) is 5.75 Å². The van der Waals surface area contributed by atoms with Crippen molar-refractivity contribution in [2.45, 2.75) is 10.8 Å². The number of fused-ring (bicyclic) bond motifs is 1. The highest BCUT2D eigenvalue weighted by Gasteiger charge is 2.29. The van der Waals surface area contributed by atoms with Crippen molar-refractivity contribution in [3.63, 3.8) is 0 Å². The first kappa shape index (κ1) is 12.2. The minimum atomic E-state index is -0.519. The van der Waals surface area contributed by atoms with Gasteiger partial charge in [-0.15, -0.1) is 11.8 Å². The molecule has 1 amide bonds. The van der Waals surface area contributed by atoms with Crippen molar-refractivity contribution >= 4 is 23.5 Å². The van der Waals surface area contributed by atoms with Gasteiger partial charge in [-0.05, 0) is 23.8 Å². The average molecular weight is 274 g/mol. The van der Waals surface area contributed by atoms with Crippen molar-refractivity contribution in [1.29, 1.82) is 0 Å². The van der Waals surface area contributed by atoms with E-state index in [0.717, 1.165) is 10.5 Å². The van der Waals surface area contributed by atoms with Crippen molar-refractivity contribution in [2.24, 2.45) is 0 Å². The molecule has 2 aromatic rings. The largest absolute Gasteiger partial charge is 0.308 e. The number of carbonyl (C=O) groups is 1. The van der Waals surface area contributed by atoms with Crippen molar-refractivity contribution in [1.82, 2.24) is 4.98 Å². The summed E-state index contributed by atoms with van der Waals surface area (Å²) in [5, 5.41) is 2.55. The third-order valence-electron chi connectivity index (χ3n) is 3.02. The first-order valence-electron chi connectivity index (χ1n) is 5.89. The highest BCUT2D eigenvalue weighted by Crippen LogP contribution is 2.39.